The number of nitrogens with zero attached hydrogens (tertiary/aromatic N) is 2. The van der Waals surface area contributed by atoms with E-state index in [0.717, 1.165) is 31.7 Å². The van der Waals surface area contributed by atoms with Crippen LogP contribution in [0.2, 0.25) is 0 Å². The summed E-state index contributed by atoms with van der Waals surface area (Å²) >= 11 is 0. The van der Waals surface area contributed by atoms with E-state index in [9.17, 15) is 4.79 Å². The Kier molecular flexibility index (Phi) is 6.49. The van der Waals surface area contributed by atoms with Crippen molar-refractivity contribution in [2.24, 2.45) is 0 Å². The first-order valence-electron chi connectivity index (χ1n) is 9.10. The lowest BCUT2D eigenvalue weighted by Crippen LogP contribution is -2.44. The quantitative estimate of drug-likeness (QED) is 0.684. The average molecular weight is 332 g/mol. The van der Waals surface area contributed by atoms with Gasteiger partial charge in [0.25, 0.3) is 0 Å². The molecule has 1 atom stereocenters. The molecule has 2 aliphatic rings. The van der Waals surface area contributed by atoms with Gasteiger partial charge in [0, 0.05) is 19.1 Å². The van der Waals surface area contributed by atoms with Crippen molar-refractivity contribution in [2.75, 3.05) is 46.0 Å². The molecule has 1 aromatic rings. The molecule has 0 spiro atoms. The number of amides is 1. The molecule has 2 heterocycles. The number of hydrogen-bond acceptors (Lipinski definition) is 4. The summed E-state index contributed by atoms with van der Waals surface area (Å²) in [5, 5.41) is 0. The zero-order valence-electron chi connectivity index (χ0n) is 14.4. The van der Waals surface area contributed by atoms with E-state index in [-0.39, 0.29) is 12.5 Å². The summed E-state index contributed by atoms with van der Waals surface area (Å²) in [5.74, 6) is 0.953. The van der Waals surface area contributed by atoms with Gasteiger partial charge in [-0.1, -0.05) is 18.2 Å². The van der Waals surface area contributed by atoms with Gasteiger partial charge in [-0.15, -0.1) is 0 Å². The molecule has 0 unspecified atom stereocenters. The van der Waals surface area contributed by atoms with Gasteiger partial charge in [-0.25, -0.2) is 0 Å². The molecule has 24 heavy (non-hydrogen) atoms. The maximum atomic E-state index is 12.4. The lowest BCUT2D eigenvalue weighted by molar-refractivity contribution is -0.137. The second kappa shape index (κ2) is 9.04. The van der Waals surface area contributed by atoms with E-state index >= 15 is 0 Å². The molecule has 0 aromatic heterocycles. The van der Waals surface area contributed by atoms with Gasteiger partial charge in [0.2, 0.25) is 5.91 Å². The predicted octanol–water partition coefficient (Wildman–Crippen LogP) is 2.17. The molecule has 1 amide bonds. The Hall–Kier alpha value is -1.59. The Bertz CT molecular complexity index is 503. The third-order valence-corrected chi connectivity index (χ3v) is 4.83. The van der Waals surface area contributed by atoms with Gasteiger partial charge in [0.15, 0.2) is 0 Å². The number of benzene rings is 1. The Morgan fingerprint density at radius 3 is 2.62 bits per heavy atom. The van der Waals surface area contributed by atoms with Gasteiger partial charge >= 0.3 is 0 Å². The normalized spacial score (nSPS) is 21.3. The molecule has 2 saturated heterocycles. The van der Waals surface area contributed by atoms with Crippen LogP contribution >= 0.6 is 0 Å². The number of rotatable bonds is 8. The van der Waals surface area contributed by atoms with Crippen molar-refractivity contribution < 1.29 is 14.3 Å². The molecule has 0 aliphatic carbocycles. The molecule has 2 aliphatic heterocycles. The van der Waals surface area contributed by atoms with E-state index in [1.807, 2.05) is 35.2 Å². The van der Waals surface area contributed by atoms with E-state index in [0.29, 0.717) is 19.3 Å². The van der Waals surface area contributed by atoms with Crippen molar-refractivity contribution >= 4 is 5.91 Å². The number of carbonyl (C=O) groups excluding carboxylic acids is 1. The third-order valence-electron chi connectivity index (χ3n) is 4.83. The van der Waals surface area contributed by atoms with Crippen LogP contribution in [0.1, 0.15) is 25.7 Å². The zero-order valence-corrected chi connectivity index (χ0v) is 14.4. The van der Waals surface area contributed by atoms with Gasteiger partial charge < -0.3 is 19.3 Å². The van der Waals surface area contributed by atoms with Crippen LogP contribution in [0.25, 0.3) is 0 Å². The predicted molar refractivity (Wildman–Crippen MR) is 93.2 cm³/mol. The highest BCUT2D eigenvalue weighted by atomic mass is 16.5. The van der Waals surface area contributed by atoms with Crippen molar-refractivity contribution in [3.05, 3.63) is 30.3 Å². The molecular formula is C19H28N2O3. The molecule has 0 bridgehead atoms. The Labute approximate surface area is 144 Å². The highest BCUT2D eigenvalue weighted by Crippen LogP contribution is 2.20. The zero-order chi connectivity index (χ0) is 16.6. The summed E-state index contributed by atoms with van der Waals surface area (Å²) in [6.07, 6.45) is 4.83. The fourth-order valence-electron chi connectivity index (χ4n) is 3.59. The van der Waals surface area contributed by atoms with Crippen molar-refractivity contribution in [1.29, 1.82) is 0 Å². The summed E-state index contributed by atoms with van der Waals surface area (Å²) in [4.78, 5) is 16.9. The summed E-state index contributed by atoms with van der Waals surface area (Å²) in [6.45, 7) is 5.34. The second-order valence-corrected chi connectivity index (χ2v) is 6.60. The number of carbonyl (C=O) groups is 1. The highest BCUT2D eigenvalue weighted by Gasteiger charge is 2.30. The van der Waals surface area contributed by atoms with Crippen molar-refractivity contribution in [1.82, 2.24) is 9.80 Å². The van der Waals surface area contributed by atoms with E-state index < -0.39 is 0 Å². The Morgan fingerprint density at radius 1 is 1.04 bits per heavy atom. The van der Waals surface area contributed by atoms with E-state index in [2.05, 4.69) is 4.90 Å². The first-order valence-corrected chi connectivity index (χ1v) is 9.10. The Morgan fingerprint density at radius 2 is 1.83 bits per heavy atom. The minimum Gasteiger partial charge on any atom is -0.491 e. The lowest BCUT2D eigenvalue weighted by atomic mass is 10.2. The van der Waals surface area contributed by atoms with Gasteiger partial charge in [-0.3, -0.25) is 4.79 Å². The van der Waals surface area contributed by atoms with Crippen LogP contribution < -0.4 is 4.74 Å². The molecule has 132 valence electrons. The second-order valence-electron chi connectivity index (χ2n) is 6.60. The van der Waals surface area contributed by atoms with Crippen LogP contribution in [0, 0.1) is 0 Å². The summed E-state index contributed by atoms with van der Waals surface area (Å²) in [6, 6.07) is 10.0. The monoisotopic (exact) mass is 332 g/mol. The third kappa shape index (κ3) is 4.95. The smallest absolute Gasteiger partial charge is 0.248 e. The number of hydrogen-bond donors (Lipinski definition) is 0. The average Bonchev–Trinajstić information content (AvgIpc) is 3.28. The molecule has 5 nitrogen and oxygen atoms in total. The molecule has 0 N–H and O–H groups in total. The molecule has 3 rings (SSSR count). The molecule has 1 aromatic carbocycles. The largest absolute Gasteiger partial charge is 0.491 e. The maximum Gasteiger partial charge on any atom is 0.248 e. The van der Waals surface area contributed by atoms with Crippen LogP contribution in [-0.2, 0) is 9.53 Å². The van der Waals surface area contributed by atoms with Crippen LogP contribution in [0.3, 0.4) is 0 Å². The van der Waals surface area contributed by atoms with Crippen LogP contribution in [0.5, 0.6) is 5.75 Å². The molecule has 5 heteroatoms. The number of likely N-dealkylation sites (tertiary alicyclic amines) is 2. The van der Waals surface area contributed by atoms with E-state index in [1.165, 1.54) is 25.9 Å². The van der Waals surface area contributed by atoms with E-state index in [4.69, 9.17) is 9.47 Å². The molecular weight excluding hydrogens is 304 g/mol. The lowest BCUT2D eigenvalue weighted by Gasteiger charge is -2.28. The standard InChI is InChI=1S/C19H28N2O3/c22-19(16-23-13-14-24-18-8-2-1-3-9-18)21-12-6-7-17(21)15-20-10-4-5-11-20/h1-3,8-9,17H,4-7,10-16H2/t17-/m0/s1. The van der Waals surface area contributed by atoms with Gasteiger partial charge in [-0.2, -0.15) is 0 Å². The minimum absolute atomic E-state index is 0.122. The Balaban J connectivity index is 1.33. The summed E-state index contributed by atoms with van der Waals surface area (Å²) < 4.78 is 11.1. The fourth-order valence-corrected chi connectivity index (χ4v) is 3.59. The van der Waals surface area contributed by atoms with Crippen LogP contribution in [0.15, 0.2) is 30.3 Å². The van der Waals surface area contributed by atoms with E-state index in [1.54, 1.807) is 0 Å². The fraction of sp³-hybridized carbons (Fsp3) is 0.632. The number of ether oxygens (including phenoxy) is 2. The van der Waals surface area contributed by atoms with Gasteiger partial charge in [0.1, 0.15) is 19.0 Å². The number of para-hydroxylation sites is 1. The highest BCUT2D eigenvalue weighted by molar-refractivity contribution is 5.78. The summed E-state index contributed by atoms with van der Waals surface area (Å²) in [5.41, 5.74) is 0. The topological polar surface area (TPSA) is 42.0 Å². The van der Waals surface area contributed by atoms with Gasteiger partial charge in [-0.05, 0) is 50.9 Å². The molecule has 2 fully saturated rings. The maximum absolute atomic E-state index is 12.4. The molecule has 0 saturated carbocycles. The van der Waals surface area contributed by atoms with Crippen molar-refractivity contribution in [3.8, 4) is 5.75 Å². The van der Waals surface area contributed by atoms with Gasteiger partial charge in [0.05, 0.1) is 6.61 Å². The first kappa shape index (κ1) is 17.2. The minimum atomic E-state index is 0.122. The van der Waals surface area contributed by atoms with Crippen molar-refractivity contribution in [2.45, 2.75) is 31.7 Å². The van der Waals surface area contributed by atoms with Crippen LogP contribution in [-0.4, -0.2) is 67.7 Å². The molecule has 0 radical (unpaired) electrons. The summed E-state index contributed by atoms with van der Waals surface area (Å²) in [7, 11) is 0. The van der Waals surface area contributed by atoms with Crippen molar-refractivity contribution in [3.63, 3.8) is 0 Å². The SMILES string of the molecule is O=C(COCCOc1ccccc1)N1CCC[C@H]1CN1CCCC1. The van der Waals surface area contributed by atoms with Crippen LogP contribution in [0.4, 0.5) is 0 Å². The first-order chi connectivity index (χ1) is 11.8.